The second kappa shape index (κ2) is 25.1. The van der Waals surface area contributed by atoms with Crippen molar-refractivity contribution in [3.05, 3.63) is 215 Å². The van der Waals surface area contributed by atoms with E-state index in [2.05, 4.69) is 0 Å². The van der Waals surface area contributed by atoms with Gasteiger partial charge in [-0.25, -0.2) is 0 Å². The van der Waals surface area contributed by atoms with Crippen molar-refractivity contribution < 1.29 is 52.5 Å². The van der Waals surface area contributed by atoms with Gasteiger partial charge in [0.25, 0.3) is 0 Å². The van der Waals surface area contributed by atoms with E-state index in [0.29, 0.717) is 13.2 Å². The van der Waals surface area contributed by atoms with Crippen molar-refractivity contribution in [2.45, 2.75) is 101 Å². The van der Waals surface area contributed by atoms with Gasteiger partial charge >= 0.3 is 0 Å². The Morgan fingerprint density at radius 2 is 0.682 bits per heavy atom. The fraction of sp³-hybridized carbons (Fsp3) is 0.345. The van der Waals surface area contributed by atoms with Gasteiger partial charge < -0.3 is 52.5 Å². The first-order valence-electron chi connectivity index (χ1n) is 22.6. The number of hydrogen-bond donors (Lipinski definition) is 1. The second-order valence-corrected chi connectivity index (χ2v) is 16.5. The van der Waals surface area contributed by atoms with Gasteiger partial charge in [-0.1, -0.05) is 182 Å². The molecule has 8 rings (SSSR count). The van der Waals surface area contributed by atoms with E-state index in [9.17, 15) is 5.11 Å². The molecule has 2 fully saturated rings. The summed E-state index contributed by atoms with van der Waals surface area (Å²) in [6.45, 7) is 1.80. The molecule has 0 aliphatic carbocycles. The van der Waals surface area contributed by atoms with Gasteiger partial charge in [0, 0.05) is 7.11 Å². The molecule has 0 spiro atoms. The smallest absolute Gasteiger partial charge is 0.187 e. The number of aliphatic hydroxyl groups is 1. The quantitative estimate of drug-likeness (QED) is 0.0668. The Kier molecular flexibility index (Phi) is 18.0. The van der Waals surface area contributed by atoms with Crippen molar-refractivity contribution in [2.24, 2.45) is 0 Å². The number of benzene rings is 6. The molecule has 0 bridgehead atoms. The van der Waals surface area contributed by atoms with Crippen LogP contribution in [0.1, 0.15) is 33.4 Å². The molecule has 66 heavy (non-hydrogen) atoms. The van der Waals surface area contributed by atoms with E-state index >= 15 is 0 Å². The summed E-state index contributed by atoms with van der Waals surface area (Å²) in [6.07, 6.45) is -9.19. The van der Waals surface area contributed by atoms with Gasteiger partial charge in [-0.05, 0) is 33.4 Å². The van der Waals surface area contributed by atoms with E-state index in [1.807, 2.05) is 182 Å². The van der Waals surface area contributed by atoms with Crippen LogP contribution < -0.4 is 0 Å². The third-order valence-electron chi connectivity index (χ3n) is 11.7. The highest BCUT2D eigenvalue weighted by Crippen LogP contribution is 2.35. The average Bonchev–Trinajstić information content (AvgIpc) is 3.37. The highest BCUT2D eigenvalue weighted by atomic mass is 16.8. The zero-order valence-corrected chi connectivity index (χ0v) is 37.3. The van der Waals surface area contributed by atoms with Crippen LogP contribution in [0.25, 0.3) is 0 Å². The highest BCUT2D eigenvalue weighted by molar-refractivity contribution is 5.18. The van der Waals surface area contributed by atoms with Gasteiger partial charge in [-0.2, -0.15) is 0 Å². The lowest BCUT2D eigenvalue weighted by Crippen LogP contribution is -2.66. The fourth-order valence-corrected chi connectivity index (χ4v) is 8.22. The lowest BCUT2D eigenvalue weighted by molar-refractivity contribution is -0.372. The number of ether oxygens (including phenoxy) is 10. The van der Waals surface area contributed by atoms with Gasteiger partial charge in [0.1, 0.15) is 48.8 Å². The van der Waals surface area contributed by atoms with E-state index in [1.54, 1.807) is 7.11 Å². The maximum Gasteiger partial charge on any atom is 0.187 e. The van der Waals surface area contributed by atoms with Crippen molar-refractivity contribution >= 4 is 0 Å². The first-order valence-corrected chi connectivity index (χ1v) is 22.6. The summed E-state index contributed by atoms with van der Waals surface area (Å²) in [4.78, 5) is 0. The summed E-state index contributed by atoms with van der Waals surface area (Å²) >= 11 is 0. The van der Waals surface area contributed by atoms with Crippen LogP contribution in [0, 0.1) is 0 Å². The molecule has 2 aliphatic rings. The molecule has 6 aromatic carbocycles. The summed E-state index contributed by atoms with van der Waals surface area (Å²) in [7, 11) is 1.58. The molecule has 6 aromatic rings. The Labute approximate surface area is 388 Å². The molecule has 2 aliphatic heterocycles. The first-order chi connectivity index (χ1) is 32.6. The lowest BCUT2D eigenvalue weighted by Gasteiger charge is -2.49. The van der Waals surface area contributed by atoms with Crippen LogP contribution in [0.4, 0.5) is 0 Å². The minimum atomic E-state index is -1.34. The molecule has 10 atom stereocenters. The average molecular weight is 897 g/mol. The zero-order valence-electron chi connectivity index (χ0n) is 37.3. The van der Waals surface area contributed by atoms with Crippen LogP contribution in [0.3, 0.4) is 0 Å². The van der Waals surface area contributed by atoms with E-state index < -0.39 is 61.4 Å². The molecule has 2 heterocycles. The Morgan fingerprint density at radius 3 is 1.08 bits per heavy atom. The SMILES string of the molecule is CO[C@H]1O[C@H](COCc2ccccc2)[C@@H](O[C@@H]2O[C@H](COCc3ccccc3)[C@H](OCc3ccccc3)[C@H](OCc3ccccc3)[C@H]2O)[C@H](OCc2ccccc2)[C@H]1OCc1ccccc1. The molecule has 0 aromatic heterocycles. The van der Waals surface area contributed by atoms with E-state index in [4.69, 9.17) is 47.4 Å². The maximum atomic E-state index is 12.6. The van der Waals surface area contributed by atoms with Crippen molar-refractivity contribution in [2.75, 3.05) is 20.3 Å². The summed E-state index contributed by atoms with van der Waals surface area (Å²) in [5.74, 6) is 0. The van der Waals surface area contributed by atoms with Crippen LogP contribution >= 0.6 is 0 Å². The first kappa shape index (κ1) is 47.4. The predicted octanol–water partition coefficient (Wildman–Crippen LogP) is 8.60. The molecular formula is C55H60O11. The predicted molar refractivity (Wildman–Crippen MR) is 247 cm³/mol. The monoisotopic (exact) mass is 896 g/mol. The molecular weight excluding hydrogens is 837 g/mol. The van der Waals surface area contributed by atoms with Crippen LogP contribution in [-0.4, -0.2) is 86.8 Å². The van der Waals surface area contributed by atoms with Gasteiger partial charge in [-0.15, -0.1) is 0 Å². The summed E-state index contributed by atoms with van der Waals surface area (Å²) in [6, 6.07) is 59.4. The maximum absolute atomic E-state index is 12.6. The molecule has 0 radical (unpaired) electrons. The minimum absolute atomic E-state index is 0.0964. The van der Waals surface area contributed by atoms with Crippen LogP contribution in [-0.2, 0) is 87.0 Å². The Bertz CT molecular complexity index is 2220. The van der Waals surface area contributed by atoms with Crippen molar-refractivity contribution in [3.63, 3.8) is 0 Å². The number of hydrogen-bond acceptors (Lipinski definition) is 11. The normalized spacial score (nSPS) is 25.4. The molecule has 1 N–H and O–H groups in total. The summed E-state index contributed by atoms with van der Waals surface area (Å²) in [5.41, 5.74) is 5.81. The summed E-state index contributed by atoms with van der Waals surface area (Å²) in [5, 5.41) is 12.6. The van der Waals surface area contributed by atoms with Crippen molar-refractivity contribution in [1.82, 2.24) is 0 Å². The largest absolute Gasteiger partial charge is 0.385 e. The molecule has 0 unspecified atom stereocenters. The fourth-order valence-electron chi connectivity index (χ4n) is 8.22. The van der Waals surface area contributed by atoms with Gasteiger partial charge in [-0.3, -0.25) is 0 Å². The summed E-state index contributed by atoms with van der Waals surface area (Å²) < 4.78 is 66.4. The number of rotatable bonds is 23. The molecule has 11 nitrogen and oxygen atoms in total. The molecule has 346 valence electrons. The van der Waals surface area contributed by atoms with Gasteiger partial charge in [0.15, 0.2) is 12.6 Å². The van der Waals surface area contributed by atoms with Gasteiger partial charge in [0.2, 0.25) is 0 Å². The molecule has 2 saturated heterocycles. The number of aliphatic hydroxyl groups excluding tert-OH is 1. The number of methoxy groups -OCH3 is 1. The molecule has 0 amide bonds. The minimum Gasteiger partial charge on any atom is -0.385 e. The third kappa shape index (κ3) is 13.5. The van der Waals surface area contributed by atoms with E-state index in [1.165, 1.54) is 0 Å². The standard InChI is InChI=1S/C55H60O11/c1-57-55-53(63-37-45-30-18-7-19-31-45)52(62-36-44-28-16-6-17-29-44)50(47(65-55)39-59-33-41-22-10-3-11-23-41)66-54-48(56)51(61-35-43-26-14-5-15-27-43)49(60-34-42-24-12-4-13-25-42)46(64-54)38-58-32-40-20-8-2-9-21-40/h2-31,46-56H,32-39H2,1H3/t46-,47-,48-,49+,50-,51-,52+,53-,54+,55+/m1/s1. The zero-order chi connectivity index (χ0) is 45.2. The topological polar surface area (TPSA) is 113 Å². The van der Waals surface area contributed by atoms with E-state index in [0.717, 1.165) is 33.4 Å². The Hall–Kier alpha value is -5.12. The Balaban J connectivity index is 1.12. The van der Waals surface area contributed by atoms with Crippen molar-refractivity contribution in [1.29, 1.82) is 0 Å². The van der Waals surface area contributed by atoms with Crippen LogP contribution in [0.2, 0.25) is 0 Å². The second-order valence-electron chi connectivity index (χ2n) is 16.5. The lowest BCUT2D eigenvalue weighted by atomic mass is 9.96. The van der Waals surface area contributed by atoms with E-state index in [-0.39, 0.29) is 39.6 Å². The molecule has 11 heteroatoms. The van der Waals surface area contributed by atoms with Gasteiger partial charge in [0.05, 0.1) is 52.9 Å². The van der Waals surface area contributed by atoms with Crippen LogP contribution in [0.5, 0.6) is 0 Å². The third-order valence-corrected chi connectivity index (χ3v) is 11.7. The Morgan fingerprint density at radius 1 is 0.364 bits per heavy atom. The molecule has 0 saturated carbocycles. The highest BCUT2D eigenvalue weighted by Gasteiger charge is 2.54. The van der Waals surface area contributed by atoms with Crippen LogP contribution in [0.15, 0.2) is 182 Å². The van der Waals surface area contributed by atoms with Crippen molar-refractivity contribution in [3.8, 4) is 0 Å².